The highest BCUT2D eigenvalue weighted by Gasteiger charge is 1.99. The van der Waals surface area contributed by atoms with E-state index < -0.39 is 0 Å². The summed E-state index contributed by atoms with van der Waals surface area (Å²) < 4.78 is 0. The first-order chi connectivity index (χ1) is 6.24. The number of hydrogen-bond donors (Lipinski definition) is 1. The van der Waals surface area contributed by atoms with E-state index in [4.69, 9.17) is 17.3 Å². The van der Waals surface area contributed by atoms with Crippen molar-refractivity contribution < 1.29 is 0 Å². The van der Waals surface area contributed by atoms with Gasteiger partial charge in [0.25, 0.3) is 0 Å². The standard InChI is InChI=1S/C10H15ClN2/c1-8-6-9(11)7-13-10(8)4-2-3-5-12/h6-7H,2-5,12H2,1H3. The third kappa shape index (κ3) is 3.33. The molecule has 0 spiro atoms. The van der Waals surface area contributed by atoms with Crippen molar-refractivity contribution in [1.82, 2.24) is 4.98 Å². The summed E-state index contributed by atoms with van der Waals surface area (Å²) in [5, 5.41) is 0.708. The number of aromatic nitrogens is 1. The second-order valence-corrected chi connectivity index (χ2v) is 3.60. The first-order valence-corrected chi connectivity index (χ1v) is 4.93. The molecule has 0 bridgehead atoms. The maximum Gasteiger partial charge on any atom is 0.0592 e. The predicted octanol–water partition coefficient (Wildman–Crippen LogP) is 2.32. The van der Waals surface area contributed by atoms with Crippen LogP contribution in [0.4, 0.5) is 0 Å². The van der Waals surface area contributed by atoms with Gasteiger partial charge in [0.2, 0.25) is 0 Å². The van der Waals surface area contributed by atoms with Crippen molar-refractivity contribution in [3.63, 3.8) is 0 Å². The quantitative estimate of drug-likeness (QED) is 0.755. The molecule has 0 atom stereocenters. The fourth-order valence-corrected chi connectivity index (χ4v) is 1.48. The van der Waals surface area contributed by atoms with Gasteiger partial charge in [-0.25, -0.2) is 0 Å². The molecule has 0 aliphatic carbocycles. The third-order valence-electron chi connectivity index (χ3n) is 2.02. The average molecular weight is 199 g/mol. The summed E-state index contributed by atoms with van der Waals surface area (Å²) in [4.78, 5) is 4.28. The summed E-state index contributed by atoms with van der Waals surface area (Å²) in [6, 6.07) is 1.95. The van der Waals surface area contributed by atoms with Crippen molar-refractivity contribution in [1.29, 1.82) is 0 Å². The minimum Gasteiger partial charge on any atom is -0.330 e. The van der Waals surface area contributed by atoms with Crippen LogP contribution in [0.15, 0.2) is 12.3 Å². The second kappa shape index (κ2) is 5.20. The van der Waals surface area contributed by atoms with E-state index in [1.165, 1.54) is 5.56 Å². The number of aryl methyl sites for hydroxylation is 2. The van der Waals surface area contributed by atoms with Crippen LogP contribution in [0.25, 0.3) is 0 Å². The van der Waals surface area contributed by atoms with Gasteiger partial charge in [-0.1, -0.05) is 11.6 Å². The lowest BCUT2D eigenvalue weighted by Crippen LogP contribution is -2.00. The number of unbranched alkanes of at least 4 members (excludes halogenated alkanes) is 1. The molecule has 0 saturated heterocycles. The van der Waals surface area contributed by atoms with Crippen molar-refractivity contribution in [2.45, 2.75) is 26.2 Å². The molecule has 2 N–H and O–H groups in total. The monoisotopic (exact) mass is 198 g/mol. The minimum atomic E-state index is 0.708. The number of nitrogens with zero attached hydrogens (tertiary/aromatic N) is 1. The van der Waals surface area contributed by atoms with E-state index in [-0.39, 0.29) is 0 Å². The molecule has 0 aliphatic rings. The molecule has 0 aliphatic heterocycles. The van der Waals surface area contributed by atoms with Crippen LogP contribution in [0.3, 0.4) is 0 Å². The van der Waals surface area contributed by atoms with Gasteiger partial charge in [0, 0.05) is 11.9 Å². The summed E-state index contributed by atoms with van der Waals surface area (Å²) in [7, 11) is 0. The van der Waals surface area contributed by atoms with Crippen molar-refractivity contribution in [3.8, 4) is 0 Å². The van der Waals surface area contributed by atoms with Crippen LogP contribution in [-0.4, -0.2) is 11.5 Å². The third-order valence-corrected chi connectivity index (χ3v) is 2.23. The van der Waals surface area contributed by atoms with Gasteiger partial charge < -0.3 is 5.73 Å². The Hall–Kier alpha value is -0.600. The highest BCUT2D eigenvalue weighted by atomic mass is 35.5. The Balaban J connectivity index is 2.56. The molecule has 0 aromatic carbocycles. The molecule has 0 radical (unpaired) electrons. The Labute approximate surface area is 84.1 Å². The van der Waals surface area contributed by atoms with Crippen molar-refractivity contribution in [2.24, 2.45) is 5.73 Å². The van der Waals surface area contributed by atoms with Crippen LogP contribution in [0.1, 0.15) is 24.1 Å². The molecule has 0 amide bonds. The molecule has 72 valence electrons. The SMILES string of the molecule is Cc1cc(Cl)cnc1CCCCN. The Bertz CT molecular complexity index is 274. The van der Waals surface area contributed by atoms with Gasteiger partial charge in [0.1, 0.15) is 0 Å². The molecule has 13 heavy (non-hydrogen) atoms. The summed E-state index contributed by atoms with van der Waals surface area (Å²) in [6.07, 6.45) is 4.86. The van der Waals surface area contributed by atoms with Crippen molar-refractivity contribution in [2.75, 3.05) is 6.54 Å². The summed E-state index contributed by atoms with van der Waals surface area (Å²) in [6.45, 7) is 2.79. The van der Waals surface area contributed by atoms with Crippen molar-refractivity contribution >= 4 is 11.6 Å². The van der Waals surface area contributed by atoms with E-state index >= 15 is 0 Å². The van der Waals surface area contributed by atoms with Gasteiger partial charge in [-0.05, 0) is 44.4 Å². The van der Waals surface area contributed by atoms with Gasteiger partial charge in [-0.15, -0.1) is 0 Å². The minimum absolute atomic E-state index is 0.708. The first-order valence-electron chi connectivity index (χ1n) is 4.55. The highest BCUT2D eigenvalue weighted by Crippen LogP contribution is 2.13. The summed E-state index contributed by atoms with van der Waals surface area (Å²) >= 11 is 5.80. The second-order valence-electron chi connectivity index (χ2n) is 3.16. The largest absolute Gasteiger partial charge is 0.330 e. The Morgan fingerprint density at radius 3 is 2.85 bits per heavy atom. The number of halogens is 1. The van der Waals surface area contributed by atoms with Crippen LogP contribution < -0.4 is 5.73 Å². The van der Waals surface area contributed by atoms with Crippen LogP contribution >= 0.6 is 11.6 Å². The lowest BCUT2D eigenvalue weighted by atomic mass is 10.1. The number of hydrogen-bond acceptors (Lipinski definition) is 2. The van der Waals surface area contributed by atoms with Crippen LogP contribution in [0, 0.1) is 6.92 Å². The smallest absolute Gasteiger partial charge is 0.0592 e. The van der Waals surface area contributed by atoms with Crippen LogP contribution in [0.2, 0.25) is 5.02 Å². The van der Waals surface area contributed by atoms with E-state index in [9.17, 15) is 0 Å². The van der Waals surface area contributed by atoms with Gasteiger partial charge in [-0.3, -0.25) is 4.98 Å². The molecule has 0 saturated carbocycles. The lowest BCUT2D eigenvalue weighted by Gasteiger charge is -2.03. The molecule has 1 rings (SSSR count). The van der Waals surface area contributed by atoms with E-state index in [1.807, 2.05) is 13.0 Å². The fraction of sp³-hybridized carbons (Fsp3) is 0.500. The average Bonchev–Trinajstić information content (AvgIpc) is 2.09. The zero-order chi connectivity index (χ0) is 9.68. The van der Waals surface area contributed by atoms with E-state index in [1.54, 1.807) is 6.20 Å². The lowest BCUT2D eigenvalue weighted by molar-refractivity contribution is 0.729. The fourth-order valence-electron chi connectivity index (χ4n) is 1.27. The van der Waals surface area contributed by atoms with E-state index in [0.717, 1.165) is 31.5 Å². The number of nitrogens with two attached hydrogens (primary N) is 1. The maximum atomic E-state index is 5.80. The van der Waals surface area contributed by atoms with E-state index in [2.05, 4.69) is 4.98 Å². The number of rotatable bonds is 4. The van der Waals surface area contributed by atoms with Gasteiger partial charge >= 0.3 is 0 Å². The molecular weight excluding hydrogens is 184 g/mol. The summed E-state index contributed by atoms with van der Waals surface area (Å²) in [5.41, 5.74) is 7.72. The maximum absolute atomic E-state index is 5.80. The zero-order valence-corrected chi connectivity index (χ0v) is 8.64. The van der Waals surface area contributed by atoms with Gasteiger partial charge in [-0.2, -0.15) is 0 Å². The van der Waals surface area contributed by atoms with Crippen LogP contribution in [-0.2, 0) is 6.42 Å². The molecular formula is C10H15ClN2. The molecule has 3 heteroatoms. The van der Waals surface area contributed by atoms with Crippen molar-refractivity contribution in [3.05, 3.63) is 28.5 Å². The molecule has 0 unspecified atom stereocenters. The van der Waals surface area contributed by atoms with Gasteiger partial charge in [0.05, 0.1) is 5.02 Å². The molecule has 1 aromatic heterocycles. The number of pyridine rings is 1. The predicted molar refractivity (Wildman–Crippen MR) is 56.0 cm³/mol. The Morgan fingerprint density at radius 2 is 2.23 bits per heavy atom. The topological polar surface area (TPSA) is 38.9 Å². The molecule has 2 nitrogen and oxygen atoms in total. The zero-order valence-electron chi connectivity index (χ0n) is 7.89. The molecule has 0 fully saturated rings. The Morgan fingerprint density at radius 1 is 1.46 bits per heavy atom. The van der Waals surface area contributed by atoms with E-state index in [0.29, 0.717) is 5.02 Å². The summed E-state index contributed by atoms with van der Waals surface area (Å²) in [5.74, 6) is 0. The Kier molecular flexibility index (Phi) is 4.19. The van der Waals surface area contributed by atoms with Gasteiger partial charge in [0.15, 0.2) is 0 Å². The highest BCUT2D eigenvalue weighted by molar-refractivity contribution is 6.30. The first kappa shape index (κ1) is 10.5. The molecule has 1 aromatic rings. The molecule has 1 heterocycles. The normalized spacial score (nSPS) is 10.4. The van der Waals surface area contributed by atoms with Crippen LogP contribution in [0.5, 0.6) is 0 Å².